The van der Waals surface area contributed by atoms with E-state index in [1.807, 2.05) is 24.3 Å². The molecule has 1 heterocycles. The van der Waals surface area contributed by atoms with Crippen molar-refractivity contribution >= 4 is 31.6 Å². The highest BCUT2D eigenvalue weighted by molar-refractivity contribution is 7.89. The van der Waals surface area contributed by atoms with Crippen molar-refractivity contribution in [3.8, 4) is 10.6 Å². The Balaban J connectivity index is 2.27. The van der Waals surface area contributed by atoms with E-state index < -0.39 is 10.0 Å². The third kappa shape index (κ3) is 2.25. The zero-order chi connectivity index (χ0) is 13.5. The Labute approximate surface area is 114 Å². The average molecular weight is 290 g/mol. The fourth-order valence-electron chi connectivity index (χ4n) is 1.88. The van der Waals surface area contributed by atoms with Gasteiger partial charge in [0.15, 0.2) is 0 Å². The summed E-state index contributed by atoms with van der Waals surface area (Å²) in [7, 11) is -3.75. The van der Waals surface area contributed by atoms with Crippen LogP contribution in [0.5, 0.6) is 0 Å². The SMILES string of the molecule is NS(=O)(=O)c1ccccc1-c1nc2ccccc2s1. The second kappa shape index (κ2) is 4.41. The Morgan fingerprint density at radius 2 is 1.68 bits per heavy atom. The zero-order valence-corrected chi connectivity index (χ0v) is 11.4. The number of para-hydroxylation sites is 1. The molecule has 0 fully saturated rings. The molecule has 0 aliphatic heterocycles. The Morgan fingerprint density at radius 3 is 2.42 bits per heavy atom. The number of nitrogens with two attached hydrogens (primary N) is 1. The first-order valence-corrected chi connectivity index (χ1v) is 7.90. The first-order valence-electron chi connectivity index (χ1n) is 5.53. The minimum absolute atomic E-state index is 0.106. The third-order valence-electron chi connectivity index (χ3n) is 2.72. The summed E-state index contributed by atoms with van der Waals surface area (Å²) in [5.74, 6) is 0. The van der Waals surface area contributed by atoms with E-state index in [-0.39, 0.29) is 4.90 Å². The number of aromatic nitrogens is 1. The van der Waals surface area contributed by atoms with Gasteiger partial charge >= 0.3 is 0 Å². The number of hydrogen-bond acceptors (Lipinski definition) is 4. The predicted molar refractivity (Wildman–Crippen MR) is 76.4 cm³/mol. The fourth-order valence-corrected chi connectivity index (χ4v) is 3.69. The van der Waals surface area contributed by atoms with E-state index in [1.54, 1.807) is 18.2 Å². The Hall–Kier alpha value is -1.76. The minimum Gasteiger partial charge on any atom is -0.236 e. The molecule has 0 radical (unpaired) electrons. The van der Waals surface area contributed by atoms with Crippen molar-refractivity contribution < 1.29 is 8.42 Å². The smallest absolute Gasteiger partial charge is 0.236 e. The van der Waals surface area contributed by atoms with Crippen LogP contribution in [0.4, 0.5) is 0 Å². The maximum Gasteiger partial charge on any atom is 0.238 e. The molecule has 3 aromatic rings. The Kier molecular flexibility index (Phi) is 2.85. The van der Waals surface area contributed by atoms with Crippen LogP contribution in [0.25, 0.3) is 20.8 Å². The molecule has 2 N–H and O–H groups in total. The van der Waals surface area contributed by atoms with Crippen LogP contribution in [0.3, 0.4) is 0 Å². The predicted octanol–water partition coefficient (Wildman–Crippen LogP) is 2.61. The molecule has 0 saturated heterocycles. The lowest BCUT2D eigenvalue weighted by Gasteiger charge is -2.03. The number of sulfonamides is 1. The number of fused-ring (bicyclic) bond motifs is 1. The van der Waals surface area contributed by atoms with Gasteiger partial charge in [-0.1, -0.05) is 30.3 Å². The number of hydrogen-bond donors (Lipinski definition) is 1. The van der Waals surface area contributed by atoms with Crippen molar-refractivity contribution in [1.29, 1.82) is 0 Å². The van der Waals surface area contributed by atoms with Crippen LogP contribution in [-0.2, 0) is 10.0 Å². The summed E-state index contributed by atoms with van der Waals surface area (Å²) in [4.78, 5) is 4.56. The summed E-state index contributed by atoms with van der Waals surface area (Å²) < 4.78 is 24.2. The van der Waals surface area contributed by atoms with Gasteiger partial charge < -0.3 is 0 Å². The zero-order valence-electron chi connectivity index (χ0n) is 9.78. The quantitative estimate of drug-likeness (QED) is 0.788. The van der Waals surface area contributed by atoms with Gasteiger partial charge in [-0.05, 0) is 18.2 Å². The van der Waals surface area contributed by atoms with Gasteiger partial charge in [0.25, 0.3) is 0 Å². The summed E-state index contributed by atoms with van der Waals surface area (Å²) in [6.45, 7) is 0. The second-order valence-electron chi connectivity index (χ2n) is 4.03. The largest absolute Gasteiger partial charge is 0.238 e. The van der Waals surface area contributed by atoms with E-state index in [4.69, 9.17) is 5.14 Å². The van der Waals surface area contributed by atoms with Crippen LogP contribution in [0.1, 0.15) is 0 Å². The lowest BCUT2D eigenvalue weighted by molar-refractivity contribution is 0.598. The molecule has 0 aliphatic rings. The fraction of sp³-hybridized carbons (Fsp3) is 0. The first kappa shape index (κ1) is 12.3. The number of thiazole rings is 1. The van der Waals surface area contributed by atoms with Gasteiger partial charge in [0.2, 0.25) is 10.0 Å². The second-order valence-corrected chi connectivity index (χ2v) is 6.59. The topological polar surface area (TPSA) is 73.1 Å². The van der Waals surface area contributed by atoms with Gasteiger partial charge in [0.05, 0.1) is 15.1 Å². The monoisotopic (exact) mass is 290 g/mol. The molecule has 0 unspecified atom stereocenters. The van der Waals surface area contributed by atoms with Crippen LogP contribution in [-0.4, -0.2) is 13.4 Å². The summed E-state index contributed by atoms with van der Waals surface area (Å²) in [5, 5.41) is 5.90. The number of primary sulfonamides is 1. The lowest BCUT2D eigenvalue weighted by Crippen LogP contribution is -2.13. The van der Waals surface area contributed by atoms with Gasteiger partial charge in [-0.3, -0.25) is 0 Å². The van der Waals surface area contributed by atoms with E-state index in [2.05, 4.69) is 4.98 Å². The highest BCUT2D eigenvalue weighted by Gasteiger charge is 2.17. The van der Waals surface area contributed by atoms with Gasteiger partial charge in [0, 0.05) is 5.56 Å². The molecule has 0 amide bonds. The summed E-state index contributed by atoms with van der Waals surface area (Å²) in [6, 6.07) is 14.3. The van der Waals surface area contributed by atoms with Crippen molar-refractivity contribution in [3.05, 3.63) is 48.5 Å². The van der Waals surface area contributed by atoms with Crippen LogP contribution in [0.15, 0.2) is 53.4 Å². The molecule has 6 heteroatoms. The van der Waals surface area contributed by atoms with Gasteiger partial charge in [-0.15, -0.1) is 11.3 Å². The van der Waals surface area contributed by atoms with Crippen molar-refractivity contribution in [3.63, 3.8) is 0 Å². The van der Waals surface area contributed by atoms with Crippen molar-refractivity contribution in [2.45, 2.75) is 4.90 Å². The van der Waals surface area contributed by atoms with E-state index in [0.29, 0.717) is 10.6 Å². The average Bonchev–Trinajstić information content (AvgIpc) is 2.81. The Morgan fingerprint density at radius 1 is 1.00 bits per heavy atom. The van der Waals surface area contributed by atoms with Gasteiger partial charge in [0.1, 0.15) is 5.01 Å². The maximum atomic E-state index is 11.6. The maximum absolute atomic E-state index is 11.6. The summed E-state index contributed by atoms with van der Waals surface area (Å²) >= 11 is 1.45. The lowest BCUT2D eigenvalue weighted by atomic mass is 10.2. The molecule has 1 aromatic heterocycles. The van der Waals surface area contributed by atoms with Crippen LogP contribution in [0, 0.1) is 0 Å². The highest BCUT2D eigenvalue weighted by atomic mass is 32.2. The molecule has 2 aromatic carbocycles. The molecule has 19 heavy (non-hydrogen) atoms. The summed E-state index contributed by atoms with van der Waals surface area (Å²) in [5.41, 5.74) is 1.40. The van der Waals surface area contributed by atoms with E-state index in [1.165, 1.54) is 17.4 Å². The standard InChI is InChI=1S/C13H10N2O2S2/c14-19(16,17)12-8-4-1-5-9(12)13-15-10-6-2-3-7-11(10)18-13/h1-8H,(H2,14,16,17). The van der Waals surface area contributed by atoms with Crippen molar-refractivity contribution in [2.24, 2.45) is 5.14 Å². The molecule has 0 atom stereocenters. The van der Waals surface area contributed by atoms with Crippen molar-refractivity contribution in [2.75, 3.05) is 0 Å². The van der Waals surface area contributed by atoms with E-state index in [9.17, 15) is 8.42 Å². The van der Waals surface area contributed by atoms with Crippen LogP contribution >= 0.6 is 11.3 Å². The molecular weight excluding hydrogens is 280 g/mol. The normalized spacial score (nSPS) is 11.8. The Bertz CT molecular complexity index is 821. The van der Waals surface area contributed by atoms with Crippen LogP contribution < -0.4 is 5.14 Å². The molecule has 0 saturated carbocycles. The molecule has 4 nitrogen and oxygen atoms in total. The summed E-state index contributed by atoms with van der Waals surface area (Å²) in [6.07, 6.45) is 0. The van der Waals surface area contributed by atoms with Crippen molar-refractivity contribution in [1.82, 2.24) is 4.98 Å². The number of rotatable bonds is 2. The van der Waals surface area contributed by atoms with Crippen LogP contribution in [0.2, 0.25) is 0 Å². The third-order valence-corrected chi connectivity index (χ3v) is 4.76. The van der Waals surface area contributed by atoms with E-state index >= 15 is 0 Å². The molecule has 96 valence electrons. The first-order chi connectivity index (χ1) is 9.05. The van der Waals surface area contributed by atoms with Gasteiger partial charge in [-0.2, -0.15) is 0 Å². The molecule has 0 bridgehead atoms. The minimum atomic E-state index is -3.75. The number of nitrogens with zero attached hydrogens (tertiary/aromatic N) is 1. The molecular formula is C13H10N2O2S2. The van der Waals surface area contributed by atoms with Gasteiger partial charge in [-0.25, -0.2) is 18.5 Å². The molecule has 0 aliphatic carbocycles. The number of benzene rings is 2. The molecule has 3 rings (SSSR count). The highest BCUT2D eigenvalue weighted by Crippen LogP contribution is 2.33. The molecule has 0 spiro atoms. The van der Waals surface area contributed by atoms with E-state index in [0.717, 1.165) is 10.2 Å².